The quantitative estimate of drug-likeness (QED) is 0.857. The van der Waals surface area contributed by atoms with Gasteiger partial charge in [0, 0.05) is 29.0 Å². The van der Waals surface area contributed by atoms with E-state index in [-0.39, 0.29) is 11.7 Å². The van der Waals surface area contributed by atoms with Crippen molar-refractivity contribution < 1.29 is 14.3 Å². The molecule has 0 aromatic heterocycles. The average Bonchev–Trinajstić information content (AvgIpc) is 2.40. The van der Waals surface area contributed by atoms with Crippen molar-refractivity contribution >= 4 is 21.7 Å². The molecule has 1 atom stereocenters. The Hall–Kier alpha value is -0.870. The predicted molar refractivity (Wildman–Crippen MR) is 72.9 cm³/mol. The minimum absolute atomic E-state index is 0.0439. The number of halogens is 1. The van der Waals surface area contributed by atoms with Crippen LogP contribution in [0, 0.1) is 5.92 Å². The van der Waals surface area contributed by atoms with Gasteiger partial charge in [-0.3, -0.25) is 4.79 Å². The topological polar surface area (TPSA) is 35.5 Å². The Morgan fingerprint density at radius 2 is 2.39 bits per heavy atom. The van der Waals surface area contributed by atoms with E-state index in [4.69, 9.17) is 9.47 Å². The molecule has 1 aromatic carbocycles. The molecule has 2 rings (SSSR count). The van der Waals surface area contributed by atoms with Crippen LogP contribution in [-0.2, 0) is 16.0 Å². The first-order valence-corrected chi connectivity index (χ1v) is 6.93. The van der Waals surface area contributed by atoms with E-state index in [1.54, 1.807) is 7.11 Å². The zero-order valence-electron chi connectivity index (χ0n) is 10.4. The molecule has 0 bridgehead atoms. The number of carbonyl (C=O) groups excluding carboxylic acids is 1. The van der Waals surface area contributed by atoms with E-state index in [0.29, 0.717) is 13.0 Å². The molecular weight excluding hydrogens is 296 g/mol. The number of hydrogen-bond acceptors (Lipinski definition) is 3. The van der Waals surface area contributed by atoms with E-state index in [9.17, 15) is 4.79 Å². The largest absolute Gasteiger partial charge is 0.496 e. The first-order chi connectivity index (χ1) is 8.70. The summed E-state index contributed by atoms with van der Waals surface area (Å²) in [5.41, 5.74) is 0.933. The molecule has 1 fully saturated rings. The summed E-state index contributed by atoms with van der Waals surface area (Å²) in [6, 6.07) is 5.74. The second kappa shape index (κ2) is 6.34. The summed E-state index contributed by atoms with van der Waals surface area (Å²) in [6.45, 7) is 1.35. The summed E-state index contributed by atoms with van der Waals surface area (Å²) < 4.78 is 11.6. The Kier molecular flexibility index (Phi) is 4.78. The van der Waals surface area contributed by atoms with Crippen molar-refractivity contribution in [3.05, 3.63) is 28.2 Å². The molecule has 0 radical (unpaired) electrons. The number of ketones is 1. The monoisotopic (exact) mass is 312 g/mol. The van der Waals surface area contributed by atoms with Crippen molar-refractivity contribution in [3.63, 3.8) is 0 Å². The summed E-state index contributed by atoms with van der Waals surface area (Å²) in [5.74, 6) is 1.05. The molecule has 1 unspecified atom stereocenters. The summed E-state index contributed by atoms with van der Waals surface area (Å²) in [6.07, 6.45) is 2.33. The molecule has 1 aliphatic rings. The summed E-state index contributed by atoms with van der Waals surface area (Å²) in [4.78, 5) is 12.2. The van der Waals surface area contributed by atoms with Crippen molar-refractivity contribution in [2.45, 2.75) is 19.3 Å². The van der Waals surface area contributed by atoms with Gasteiger partial charge >= 0.3 is 0 Å². The van der Waals surface area contributed by atoms with E-state index in [2.05, 4.69) is 15.9 Å². The molecule has 0 N–H and O–H groups in total. The number of ether oxygens (including phenoxy) is 2. The highest BCUT2D eigenvalue weighted by atomic mass is 79.9. The van der Waals surface area contributed by atoms with Gasteiger partial charge < -0.3 is 9.47 Å². The lowest BCUT2D eigenvalue weighted by atomic mass is 9.93. The Morgan fingerprint density at radius 3 is 3.06 bits per heavy atom. The maximum absolute atomic E-state index is 12.2. The van der Waals surface area contributed by atoms with Crippen LogP contribution in [-0.4, -0.2) is 26.1 Å². The molecule has 98 valence electrons. The molecule has 1 aliphatic heterocycles. The molecular formula is C14H17BrO3. The third-order valence-corrected chi connectivity index (χ3v) is 3.72. The Bertz CT molecular complexity index is 425. The highest BCUT2D eigenvalue weighted by molar-refractivity contribution is 9.10. The van der Waals surface area contributed by atoms with Crippen LogP contribution in [0.5, 0.6) is 5.75 Å². The molecule has 0 saturated carbocycles. The smallest absolute Gasteiger partial charge is 0.142 e. The zero-order chi connectivity index (χ0) is 13.0. The van der Waals surface area contributed by atoms with Gasteiger partial charge in [0.1, 0.15) is 11.5 Å². The van der Waals surface area contributed by atoms with Crippen LogP contribution in [0.15, 0.2) is 22.7 Å². The minimum Gasteiger partial charge on any atom is -0.496 e. The van der Waals surface area contributed by atoms with Crippen molar-refractivity contribution in [1.82, 2.24) is 0 Å². The van der Waals surface area contributed by atoms with Crippen LogP contribution in [0.25, 0.3) is 0 Å². The van der Waals surface area contributed by atoms with Crippen LogP contribution >= 0.6 is 15.9 Å². The summed E-state index contributed by atoms with van der Waals surface area (Å²) in [5, 5.41) is 0. The SMILES string of the molecule is COc1ccc(Br)cc1CC(=O)C1CCCOC1. The fourth-order valence-electron chi connectivity index (χ4n) is 2.21. The van der Waals surface area contributed by atoms with Crippen LogP contribution in [0.1, 0.15) is 18.4 Å². The van der Waals surface area contributed by atoms with Crippen LogP contribution in [0.3, 0.4) is 0 Å². The van der Waals surface area contributed by atoms with Gasteiger partial charge in [-0.25, -0.2) is 0 Å². The third kappa shape index (κ3) is 3.33. The van der Waals surface area contributed by atoms with E-state index in [1.807, 2.05) is 18.2 Å². The van der Waals surface area contributed by atoms with E-state index in [1.165, 1.54) is 0 Å². The van der Waals surface area contributed by atoms with Gasteiger partial charge in [-0.1, -0.05) is 15.9 Å². The maximum atomic E-state index is 12.2. The van der Waals surface area contributed by atoms with Gasteiger partial charge in [0.2, 0.25) is 0 Å². The van der Waals surface area contributed by atoms with Gasteiger partial charge in [0.15, 0.2) is 0 Å². The Labute approximate surface area is 116 Å². The molecule has 0 spiro atoms. The molecule has 1 aromatic rings. The number of Topliss-reactive ketones (excluding diaryl/α,β-unsaturated/α-hetero) is 1. The summed E-state index contributed by atoms with van der Waals surface area (Å²) >= 11 is 3.42. The first-order valence-electron chi connectivity index (χ1n) is 6.13. The second-order valence-corrected chi connectivity index (χ2v) is 5.43. The lowest BCUT2D eigenvalue weighted by Gasteiger charge is -2.21. The first kappa shape index (κ1) is 13.6. The number of rotatable bonds is 4. The molecule has 1 heterocycles. The number of hydrogen-bond donors (Lipinski definition) is 0. The average molecular weight is 313 g/mol. The Morgan fingerprint density at radius 1 is 1.56 bits per heavy atom. The molecule has 0 aliphatic carbocycles. The Balaban J connectivity index is 2.07. The van der Waals surface area contributed by atoms with Crippen LogP contribution < -0.4 is 4.74 Å². The van der Waals surface area contributed by atoms with Gasteiger partial charge in [-0.05, 0) is 31.0 Å². The van der Waals surface area contributed by atoms with Crippen LogP contribution in [0.2, 0.25) is 0 Å². The van der Waals surface area contributed by atoms with E-state index >= 15 is 0 Å². The summed E-state index contributed by atoms with van der Waals surface area (Å²) in [7, 11) is 1.63. The third-order valence-electron chi connectivity index (χ3n) is 3.22. The minimum atomic E-state index is 0.0439. The lowest BCUT2D eigenvalue weighted by molar-refractivity contribution is -0.126. The molecule has 4 heteroatoms. The standard InChI is InChI=1S/C14H17BrO3/c1-17-14-5-4-12(15)7-11(14)8-13(16)10-3-2-6-18-9-10/h4-5,7,10H,2-3,6,8-9H2,1H3. The van der Waals surface area contributed by atoms with Gasteiger partial charge in [-0.2, -0.15) is 0 Å². The number of benzene rings is 1. The molecule has 0 amide bonds. The molecule has 18 heavy (non-hydrogen) atoms. The van der Waals surface area contributed by atoms with Gasteiger partial charge in [-0.15, -0.1) is 0 Å². The fourth-order valence-corrected chi connectivity index (χ4v) is 2.62. The number of carbonyl (C=O) groups is 1. The van der Waals surface area contributed by atoms with Crippen molar-refractivity contribution in [3.8, 4) is 5.75 Å². The van der Waals surface area contributed by atoms with Gasteiger partial charge in [0.25, 0.3) is 0 Å². The van der Waals surface area contributed by atoms with Crippen molar-refractivity contribution in [1.29, 1.82) is 0 Å². The molecule has 3 nitrogen and oxygen atoms in total. The highest BCUT2D eigenvalue weighted by Crippen LogP contribution is 2.25. The predicted octanol–water partition coefficient (Wildman–Crippen LogP) is 3.00. The van der Waals surface area contributed by atoms with Crippen molar-refractivity contribution in [2.24, 2.45) is 5.92 Å². The zero-order valence-corrected chi connectivity index (χ0v) is 12.0. The normalized spacial score (nSPS) is 19.6. The number of methoxy groups -OCH3 is 1. The van der Waals surface area contributed by atoms with Crippen molar-refractivity contribution in [2.75, 3.05) is 20.3 Å². The second-order valence-electron chi connectivity index (χ2n) is 4.51. The lowest BCUT2D eigenvalue weighted by Crippen LogP contribution is -2.26. The maximum Gasteiger partial charge on any atom is 0.142 e. The van der Waals surface area contributed by atoms with Gasteiger partial charge in [0.05, 0.1) is 13.7 Å². The fraction of sp³-hybridized carbons (Fsp3) is 0.500. The van der Waals surface area contributed by atoms with Crippen LogP contribution in [0.4, 0.5) is 0 Å². The van der Waals surface area contributed by atoms with E-state index in [0.717, 1.165) is 35.2 Å². The highest BCUT2D eigenvalue weighted by Gasteiger charge is 2.22. The molecule has 1 saturated heterocycles. The van der Waals surface area contributed by atoms with E-state index < -0.39 is 0 Å².